The van der Waals surface area contributed by atoms with Crippen LogP contribution in [0.4, 0.5) is 5.69 Å². The third kappa shape index (κ3) is 4.44. The number of carbonyl (C=O) groups excluding carboxylic acids is 2. The molecular weight excluding hydrogens is 380 g/mol. The van der Waals surface area contributed by atoms with Crippen LogP contribution in [0.25, 0.3) is 0 Å². The van der Waals surface area contributed by atoms with Crippen LogP contribution in [0.5, 0.6) is 0 Å². The Kier molecular flexibility index (Phi) is 5.88. The first kappa shape index (κ1) is 20.1. The van der Waals surface area contributed by atoms with Crippen molar-refractivity contribution in [2.24, 2.45) is 0 Å². The van der Waals surface area contributed by atoms with Crippen molar-refractivity contribution < 1.29 is 22.4 Å². The van der Waals surface area contributed by atoms with E-state index < -0.39 is 15.7 Å². The summed E-state index contributed by atoms with van der Waals surface area (Å²) in [6.07, 6.45) is 6.39. The van der Waals surface area contributed by atoms with Gasteiger partial charge in [0, 0.05) is 19.3 Å². The van der Waals surface area contributed by atoms with Gasteiger partial charge in [-0.1, -0.05) is 31.4 Å². The summed E-state index contributed by atoms with van der Waals surface area (Å²) < 4.78 is 28.2. The van der Waals surface area contributed by atoms with Gasteiger partial charge >= 0.3 is 0 Å². The highest BCUT2D eigenvalue weighted by molar-refractivity contribution is 7.90. The highest BCUT2D eigenvalue weighted by atomic mass is 32.2. The molecule has 2 aromatic rings. The molecule has 0 unspecified atom stereocenters. The molecule has 0 atom stereocenters. The Labute approximate surface area is 164 Å². The van der Waals surface area contributed by atoms with Crippen molar-refractivity contribution in [3.05, 3.63) is 47.7 Å². The third-order valence-electron chi connectivity index (χ3n) is 5.02. The Hall–Kier alpha value is -2.61. The summed E-state index contributed by atoms with van der Waals surface area (Å²) in [6, 6.07) is 9.50. The molecule has 2 amide bonds. The largest absolute Gasteiger partial charge is 0.440 e. The number of sulfone groups is 1. The smallest absolute Gasteiger partial charge is 0.291 e. The minimum Gasteiger partial charge on any atom is -0.440 e. The molecule has 1 N–H and O–H groups in total. The minimum atomic E-state index is -3.54. The van der Waals surface area contributed by atoms with Crippen LogP contribution in [0.1, 0.15) is 53.0 Å². The summed E-state index contributed by atoms with van der Waals surface area (Å²) in [7, 11) is -1.75. The van der Waals surface area contributed by atoms with Gasteiger partial charge in [-0.15, -0.1) is 0 Å². The van der Waals surface area contributed by atoms with Gasteiger partial charge in [0.15, 0.2) is 5.76 Å². The Balaban J connectivity index is 1.79. The number of nitrogens with zero attached hydrogens (tertiary/aromatic N) is 1. The van der Waals surface area contributed by atoms with Gasteiger partial charge in [0.1, 0.15) is 0 Å². The first-order chi connectivity index (χ1) is 13.3. The zero-order valence-electron chi connectivity index (χ0n) is 16.0. The lowest BCUT2D eigenvalue weighted by atomic mass is 9.94. The second kappa shape index (κ2) is 8.18. The van der Waals surface area contributed by atoms with Crippen LogP contribution in [-0.2, 0) is 9.84 Å². The van der Waals surface area contributed by atoms with Crippen LogP contribution in [0.2, 0.25) is 0 Å². The summed E-state index contributed by atoms with van der Waals surface area (Å²) in [5.74, 6) is -0.905. The molecule has 150 valence electrons. The average molecular weight is 404 g/mol. The van der Waals surface area contributed by atoms with Crippen LogP contribution in [0.15, 0.2) is 45.9 Å². The normalized spacial score (nSPS) is 15.2. The van der Waals surface area contributed by atoms with E-state index in [-0.39, 0.29) is 22.8 Å². The molecule has 1 saturated carbocycles. The summed E-state index contributed by atoms with van der Waals surface area (Å²) in [4.78, 5) is 27.2. The van der Waals surface area contributed by atoms with E-state index in [1.54, 1.807) is 36.2 Å². The monoisotopic (exact) mass is 404 g/mol. The van der Waals surface area contributed by atoms with Crippen molar-refractivity contribution in [2.75, 3.05) is 18.6 Å². The van der Waals surface area contributed by atoms with Gasteiger partial charge in [-0.2, -0.15) is 0 Å². The van der Waals surface area contributed by atoms with E-state index >= 15 is 0 Å². The quantitative estimate of drug-likeness (QED) is 0.824. The van der Waals surface area contributed by atoms with Gasteiger partial charge in [0.2, 0.25) is 14.9 Å². The number of para-hydroxylation sites is 1. The summed E-state index contributed by atoms with van der Waals surface area (Å²) in [6.45, 7) is 0. The maximum Gasteiger partial charge on any atom is 0.291 e. The molecule has 1 aromatic carbocycles. The molecule has 1 fully saturated rings. The number of amides is 2. The maximum atomic E-state index is 13.0. The van der Waals surface area contributed by atoms with Gasteiger partial charge in [-0.05, 0) is 37.1 Å². The fraction of sp³-hybridized carbons (Fsp3) is 0.400. The van der Waals surface area contributed by atoms with Crippen molar-refractivity contribution in [1.29, 1.82) is 0 Å². The molecular formula is C20H24N2O5S. The van der Waals surface area contributed by atoms with Gasteiger partial charge in [0.25, 0.3) is 11.8 Å². The first-order valence-electron chi connectivity index (χ1n) is 9.25. The number of hydrogen-bond donors (Lipinski definition) is 1. The fourth-order valence-corrected chi connectivity index (χ4v) is 3.98. The van der Waals surface area contributed by atoms with Crippen LogP contribution >= 0.6 is 0 Å². The Bertz CT molecular complexity index is 974. The van der Waals surface area contributed by atoms with Crippen molar-refractivity contribution >= 4 is 27.3 Å². The van der Waals surface area contributed by atoms with Crippen LogP contribution < -0.4 is 5.32 Å². The number of anilines is 1. The number of nitrogens with one attached hydrogen (secondary N) is 1. The lowest BCUT2D eigenvalue weighted by molar-refractivity contribution is 0.0697. The molecule has 0 spiro atoms. The summed E-state index contributed by atoms with van der Waals surface area (Å²) >= 11 is 0. The molecule has 0 bridgehead atoms. The summed E-state index contributed by atoms with van der Waals surface area (Å²) in [5, 5.41) is 2.38. The molecule has 7 nitrogen and oxygen atoms in total. The second-order valence-corrected chi connectivity index (χ2v) is 9.05. The van der Waals surface area contributed by atoms with Gasteiger partial charge in [-0.3, -0.25) is 9.59 Å². The van der Waals surface area contributed by atoms with Gasteiger partial charge in [0.05, 0.1) is 11.3 Å². The molecule has 8 heteroatoms. The molecule has 1 aliphatic carbocycles. The van der Waals surface area contributed by atoms with E-state index in [1.807, 2.05) is 0 Å². The molecule has 0 aliphatic heterocycles. The molecule has 0 saturated heterocycles. The number of rotatable bonds is 5. The highest BCUT2D eigenvalue weighted by Gasteiger charge is 2.25. The van der Waals surface area contributed by atoms with Crippen LogP contribution in [0.3, 0.4) is 0 Å². The third-order valence-corrected chi connectivity index (χ3v) is 5.97. The average Bonchev–Trinajstić information content (AvgIpc) is 3.19. The van der Waals surface area contributed by atoms with E-state index in [9.17, 15) is 18.0 Å². The topological polar surface area (TPSA) is 96.7 Å². The summed E-state index contributed by atoms with van der Waals surface area (Å²) in [5.41, 5.74) is 0.747. The number of carbonyl (C=O) groups is 2. The standard InChI is InChI=1S/C20H24N2O5S/c1-22(14-8-4-3-5-9-14)20(24)15-10-6-7-11-16(15)21-19(23)17-12-13-18(27-17)28(2,25)26/h6-7,10-14H,3-5,8-9H2,1-2H3,(H,21,23). The Morgan fingerprint density at radius 2 is 1.75 bits per heavy atom. The predicted molar refractivity (Wildman–Crippen MR) is 105 cm³/mol. The van der Waals surface area contributed by atoms with Gasteiger partial charge < -0.3 is 14.6 Å². The lowest BCUT2D eigenvalue weighted by Gasteiger charge is -2.31. The fourth-order valence-electron chi connectivity index (χ4n) is 3.43. The molecule has 1 aromatic heterocycles. The van der Waals surface area contributed by atoms with Crippen LogP contribution in [0, 0.1) is 0 Å². The number of furan rings is 1. The zero-order valence-corrected chi connectivity index (χ0v) is 16.8. The predicted octanol–water partition coefficient (Wildman–Crippen LogP) is 3.34. The molecule has 1 aliphatic rings. The number of hydrogen-bond acceptors (Lipinski definition) is 5. The molecule has 0 radical (unpaired) electrons. The molecule has 28 heavy (non-hydrogen) atoms. The zero-order chi connectivity index (χ0) is 20.3. The van der Waals surface area contributed by atoms with Crippen molar-refractivity contribution in [3.8, 4) is 0 Å². The second-order valence-electron chi connectivity index (χ2n) is 7.10. The van der Waals surface area contributed by atoms with Crippen molar-refractivity contribution in [1.82, 2.24) is 4.90 Å². The Morgan fingerprint density at radius 1 is 1.07 bits per heavy atom. The van der Waals surface area contributed by atoms with E-state index in [1.165, 1.54) is 18.6 Å². The van der Waals surface area contributed by atoms with Gasteiger partial charge in [-0.25, -0.2) is 8.42 Å². The lowest BCUT2D eigenvalue weighted by Crippen LogP contribution is -2.38. The SMILES string of the molecule is CN(C(=O)c1ccccc1NC(=O)c1ccc(S(C)(=O)=O)o1)C1CCCCC1. The highest BCUT2D eigenvalue weighted by Crippen LogP contribution is 2.25. The van der Waals surface area contributed by atoms with E-state index in [0.29, 0.717) is 11.3 Å². The van der Waals surface area contributed by atoms with Crippen molar-refractivity contribution in [2.45, 2.75) is 43.2 Å². The Morgan fingerprint density at radius 3 is 2.39 bits per heavy atom. The first-order valence-corrected chi connectivity index (χ1v) is 11.1. The maximum absolute atomic E-state index is 13.0. The van der Waals surface area contributed by atoms with E-state index in [4.69, 9.17) is 4.42 Å². The van der Waals surface area contributed by atoms with E-state index in [2.05, 4.69) is 5.32 Å². The minimum absolute atomic E-state index is 0.136. The van der Waals surface area contributed by atoms with Crippen molar-refractivity contribution in [3.63, 3.8) is 0 Å². The number of benzene rings is 1. The molecule has 3 rings (SSSR count). The molecule has 1 heterocycles. The van der Waals surface area contributed by atoms with Crippen LogP contribution in [-0.4, -0.2) is 44.5 Å². The van der Waals surface area contributed by atoms with E-state index in [0.717, 1.165) is 31.9 Å².